The molecule has 0 saturated carbocycles. The SMILES string of the molecule is CC1(C)OB(c2cc3ncnc4c3c(c2Cl)OCCN4)OC1(C)C. The Balaban J connectivity index is 1.89. The van der Waals surface area contributed by atoms with Crippen LogP contribution < -0.4 is 15.5 Å². The Labute approximate surface area is 146 Å². The van der Waals surface area contributed by atoms with Gasteiger partial charge in [0.2, 0.25) is 0 Å². The maximum Gasteiger partial charge on any atom is 0.496 e. The lowest BCUT2D eigenvalue weighted by atomic mass is 9.78. The highest BCUT2D eigenvalue weighted by atomic mass is 35.5. The maximum atomic E-state index is 6.66. The molecule has 0 aliphatic carbocycles. The fourth-order valence-electron chi connectivity index (χ4n) is 2.92. The Hall–Kier alpha value is -1.57. The lowest BCUT2D eigenvalue weighted by Gasteiger charge is -2.32. The number of hydrogen-bond donors (Lipinski definition) is 1. The Bertz CT molecular complexity index is 812. The third-order valence-electron chi connectivity index (χ3n) is 5.00. The monoisotopic (exact) mass is 347 g/mol. The van der Waals surface area contributed by atoms with Gasteiger partial charge in [0.15, 0.2) is 5.75 Å². The van der Waals surface area contributed by atoms with Crippen LogP contribution in [0.25, 0.3) is 10.9 Å². The molecule has 0 amide bonds. The first kappa shape index (κ1) is 15.9. The summed E-state index contributed by atoms with van der Waals surface area (Å²) in [5.74, 6) is 1.31. The molecule has 1 N–H and O–H groups in total. The summed E-state index contributed by atoms with van der Waals surface area (Å²) in [6.07, 6.45) is 1.53. The zero-order valence-corrected chi connectivity index (χ0v) is 14.9. The summed E-state index contributed by atoms with van der Waals surface area (Å²) < 4.78 is 18.1. The Morgan fingerprint density at radius 1 is 1.17 bits per heavy atom. The van der Waals surface area contributed by atoms with E-state index in [1.54, 1.807) is 0 Å². The van der Waals surface area contributed by atoms with Crippen molar-refractivity contribution >= 4 is 40.9 Å². The summed E-state index contributed by atoms with van der Waals surface area (Å²) in [5, 5.41) is 4.51. The van der Waals surface area contributed by atoms with Crippen molar-refractivity contribution in [1.82, 2.24) is 9.97 Å². The molecule has 4 rings (SSSR count). The molecule has 1 saturated heterocycles. The van der Waals surface area contributed by atoms with Crippen LogP contribution in [0.5, 0.6) is 5.75 Å². The van der Waals surface area contributed by atoms with Gasteiger partial charge in [0.1, 0.15) is 18.8 Å². The first-order valence-corrected chi connectivity index (χ1v) is 8.37. The second-order valence-corrected chi connectivity index (χ2v) is 7.47. The number of benzene rings is 1. The fourth-order valence-corrected chi connectivity index (χ4v) is 3.21. The van der Waals surface area contributed by atoms with Crippen LogP contribution in [0.1, 0.15) is 27.7 Å². The maximum absolute atomic E-state index is 6.66. The molecule has 0 radical (unpaired) electrons. The number of anilines is 1. The Morgan fingerprint density at radius 2 is 1.88 bits per heavy atom. The van der Waals surface area contributed by atoms with Crippen molar-refractivity contribution in [2.75, 3.05) is 18.5 Å². The molecule has 0 spiro atoms. The van der Waals surface area contributed by atoms with Crippen molar-refractivity contribution in [3.05, 3.63) is 17.4 Å². The van der Waals surface area contributed by atoms with E-state index < -0.39 is 18.3 Å². The molecule has 3 heterocycles. The first-order chi connectivity index (χ1) is 11.3. The summed E-state index contributed by atoms with van der Waals surface area (Å²) in [6.45, 7) is 9.20. The third-order valence-corrected chi connectivity index (χ3v) is 5.39. The van der Waals surface area contributed by atoms with E-state index in [0.29, 0.717) is 23.9 Å². The van der Waals surface area contributed by atoms with Crippen molar-refractivity contribution in [3.8, 4) is 5.75 Å². The van der Waals surface area contributed by atoms with Crippen molar-refractivity contribution in [2.45, 2.75) is 38.9 Å². The zero-order valence-electron chi connectivity index (χ0n) is 14.1. The molecule has 2 aliphatic heterocycles. The Morgan fingerprint density at radius 3 is 2.58 bits per heavy atom. The summed E-state index contributed by atoms with van der Waals surface area (Å²) in [5.41, 5.74) is 0.593. The van der Waals surface area contributed by atoms with Crippen LogP contribution in [-0.2, 0) is 9.31 Å². The normalized spacial score (nSPS) is 21.3. The Kier molecular flexibility index (Phi) is 3.46. The van der Waals surface area contributed by atoms with E-state index in [2.05, 4.69) is 15.3 Å². The second-order valence-electron chi connectivity index (χ2n) is 7.09. The minimum Gasteiger partial charge on any atom is -0.489 e. The third kappa shape index (κ3) is 2.26. The number of nitrogens with one attached hydrogen (secondary N) is 1. The van der Waals surface area contributed by atoms with Gasteiger partial charge in [0, 0.05) is 5.46 Å². The summed E-state index contributed by atoms with van der Waals surface area (Å²) in [6, 6.07) is 1.89. The van der Waals surface area contributed by atoms with Crippen LogP contribution in [0.3, 0.4) is 0 Å². The topological polar surface area (TPSA) is 65.5 Å². The van der Waals surface area contributed by atoms with Gasteiger partial charge in [0.25, 0.3) is 0 Å². The van der Waals surface area contributed by atoms with E-state index in [-0.39, 0.29) is 0 Å². The highest BCUT2D eigenvalue weighted by molar-refractivity contribution is 6.66. The molecular weight excluding hydrogens is 328 g/mol. The fraction of sp³-hybridized carbons (Fsp3) is 0.500. The molecular formula is C16H19BClN3O3. The zero-order chi connectivity index (χ0) is 17.1. The molecule has 1 aromatic heterocycles. The molecule has 0 unspecified atom stereocenters. The van der Waals surface area contributed by atoms with Gasteiger partial charge in [-0.3, -0.25) is 0 Å². The molecule has 2 aliphatic rings. The minimum atomic E-state index is -0.568. The van der Waals surface area contributed by atoms with Gasteiger partial charge in [-0.25, -0.2) is 9.97 Å². The van der Waals surface area contributed by atoms with E-state index in [4.69, 9.17) is 25.6 Å². The van der Waals surface area contributed by atoms with Gasteiger partial charge in [-0.15, -0.1) is 0 Å². The summed E-state index contributed by atoms with van der Waals surface area (Å²) in [7, 11) is -0.568. The highest BCUT2D eigenvalue weighted by Gasteiger charge is 2.52. The van der Waals surface area contributed by atoms with Crippen LogP contribution in [0, 0.1) is 0 Å². The van der Waals surface area contributed by atoms with E-state index in [1.165, 1.54) is 6.33 Å². The molecule has 0 atom stereocenters. The van der Waals surface area contributed by atoms with Crippen LogP contribution >= 0.6 is 11.6 Å². The van der Waals surface area contributed by atoms with Crippen LogP contribution in [0.2, 0.25) is 5.02 Å². The van der Waals surface area contributed by atoms with E-state index in [0.717, 1.165) is 22.2 Å². The first-order valence-electron chi connectivity index (χ1n) is 7.99. The molecule has 8 heteroatoms. The quantitative estimate of drug-likeness (QED) is 0.799. The molecule has 1 aromatic carbocycles. The number of rotatable bonds is 1. The van der Waals surface area contributed by atoms with Gasteiger partial charge in [-0.1, -0.05) is 11.6 Å². The number of ether oxygens (including phenoxy) is 1. The second kappa shape index (κ2) is 5.21. The largest absolute Gasteiger partial charge is 0.496 e. The number of hydrogen-bond acceptors (Lipinski definition) is 6. The predicted molar refractivity (Wildman–Crippen MR) is 94.2 cm³/mol. The average Bonchev–Trinajstić information content (AvgIpc) is 2.67. The number of aromatic nitrogens is 2. The van der Waals surface area contributed by atoms with Crippen LogP contribution in [-0.4, -0.2) is 41.4 Å². The van der Waals surface area contributed by atoms with E-state index >= 15 is 0 Å². The number of nitrogens with zero attached hydrogens (tertiary/aromatic N) is 2. The standard InChI is InChI=1S/C16H19BClN3O3/c1-15(2)16(3,4)24-17(23-15)9-7-10-11-13(12(9)18)22-6-5-19-14(11)21-8-20-10/h7-8H,5-6H2,1-4H3,(H,19,20,21). The molecule has 126 valence electrons. The summed E-state index contributed by atoms with van der Waals surface area (Å²) >= 11 is 6.66. The molecule has 1 fully saturated rings. The van der Waals surface area contributed by atoms with Gasteiger partial charge >= 0.3 is 7.12 Å². The van der Waals surface area contributed by atoms with Crippen LogP contribution in [0.4, 0.5) is 5.82 Å². The molecule has 0 bridgehead atoms. The number of halogens is 1. The highest BCUT2D eigenvalue weighted by Crippen LogP contribution is 2.40. The van der Waals surface area contributed by atoms with Gasteiger partial charge in [-0.2, -0.15) is 0 Å². The average molecular weight is 348 g/mol. The van der Waals surface area contributed by atoms with Crippen LogP contribution in [0.15, 0.2) is 12.4 Å². The lowest BCUT2D eigenvalue weighted by Crippen LogP contribution is -2.41. The lowest BCUT2D eigenvalue weighted by molar-refractivity contribution is 0.00578. The predicted octanol–water partition coefficient (Wildman–Crippen LogP) is 2.39. The van der Waals surface area contributed by atoms with Crippen molar-refractivity contribution in [3.63, 3.8) is 0 Å². The van der Waals surface area contributed by atoms with Gasteiger partial charge < -0.3 is 19.4 Å². The van der Waals surface area contributed by atoms with E-state index in [1.807, 2.05) is 33.8 Å². The van der Waals surface area contributed by atoms with Crippen molar-refractivity contribution in [1.29, 1.82) is 0 Å². The van der Waals surface area contributed by atoms with Crippen molar-refractivity contribution < 1.29 is 14.0 Å². The summed E-state index contributed by atoms with van der Waals surface area (Å²) in [4.78, 5) is 8.66. The molecule has 6 nitrogen and oxygen atoms in total. The van der Waals surface area contributed by atoms with Gasteiger partial charge in [0.05, 0.1) is 33.7 Å². The molecule has 24 heavy (non-hydrogen) atoms. The van der Waals surface area contributed by atoms with Crippen molar-refractivity contribution in [2.24, 2.45) is 0 Å². The molecule has 2 aromatic rings. The van der Waals surface area contributed by atoms with E-state index in [9.17, 15) is 0 Å². The minimum absolute atomic E-state index is 0.441. The van der Waals surface area contributed by atoms with Gasteiger partial charge in [-0.05, 0) is 33.8 Å². The smallest absolute Gasteiger partial charge is 0.489 e.